The lowest BCUT2D eigenvalue weighted by Gasteiger charge is -2.26. The van der Waals surface area contributed by atoms with E-state index in [1.165, 1.54) is 31.4 Å². The van der Waals surface area contributed by atoms with Crippen molar-refractivity contribution < 1.29 is 23.9 Å². The highest BCUT2D eigenvalue weighted by Crippen LogP contribution is 2.38. The Bertz CT molecular complexity index is 1430. The summed E-state index contributed by atoms with van der Waals surface area (Å²) >= 11 is 21.5. The lowest BCUT2D eigenvalue weighted by molar-refractivity contribution is -0.122. The van der Waals surface area contributed by atoms with Gasteiger partial charge in [-0.15, -0.1) is 0 Å². The van der Waals surface area contributed by atoms with Crippen LogP contribution in [0.3, 0.4) is 0 Å². The summed E-state index contributed by atoms with van der Waals surface area (Å²) in [6.45, 7) is 0.234. The predicted molar refractivity (Wildman–Crippen MR) is 142 cm³/mol. The second-order valence-electron chi connectivity index (χ2n) is 7.51. The molecule has 0 bridgehead atoms. The minimum atomic E-state index is -0.899. The van der Waals surface area contributed by atoms with Gasteiger partial charge in [0, 0.05) is 5.02 Å². The van der Waals surface area contributed by atoms with Crippen LogP contribution in [0.2, 0.25) is 15.1 Å². The quantitative estimate of drug-likeness (QED) is 0.249. The molecule has 0 atom stereocenters. The summed E-state index contributed by atoms with van der Waals surface area (Å²) in [5.41, 5.74) is 1.21. The maximum atomic E-state index is 13.2. The number of nitrogens with zero attached hydrogens (tertiary/aromatic N) is 1. The van der Waals surface area contributed by atoms with E-state index in [2.05, 4.69) is 21.2 Å². The maximum Gasteiger partial charge on any atom is 0.335 e. The van der Waals surface area contributed by atoms with Crippen LogP contribution in [0.5, 0.6) is 11.5 Å². The molecule has 1 N–H and O–H groups in total. The van der Waals surface area contributed by atoms with Gasteiger partial charge in [0.05, 0.1) is 27.3 Å². The largest absolute Gasteiger partial charge is 0.493 e. The van der Waals surface area contributed by atoms with Gasteiger partial charge >= 0.3 is 6.03 Å². The van der Waals surface area contributed by atoms with Gasteiger partial charge in [-0.2, -0.15) is 0 Å². The Morgan fingerprint density at radius 1 is 1.00 bits per heavy atom. The number of carbonyl (C=O) groups is 3. The van der Waals surface area contributed by atoms with Gasteiger partial charge in [-0.3, -0.25) is 14.9 Å². The predicted octanol–water partition coefficient (Wildman–Crippen LogP) is 6.66. The van der Waals surface area contributed by atoms with E-state index in [9.17, 15) is 14.4 Å². The molecule has 1 aliphatic rings. The second kappa shape index (κ2) is 10.9. The van der Waals surface area contributed by atoms with Crippen LogP contribution in [0.15, 0.2) is 64.6 Å². The summed E-state index contributed by atoms with van der Waals surface area (Å²) in [4.78, 5) is 38.9. The number of amides is 4. The van der Waals surface area contributed by atoms with Crippen molar-refractivity contribution in [1.29, 1.82) is 0 Å². The minimum absolute atomic E-state index is 0.152. The third-order valence-corrected chi connectivity index (χ3v) is 6.66. The molecule has 36 heavy (non-hydrogen) atoms. The van der Waals surface area contributed by atoms with Gasteiger partial charge in [-0.05, 0) is 75.6 Å². The van der Waals surface area contributed by atoms with E-state index in [-0.39, 0.29) is 27.9 Å². The summed E-state index contributed by atoms with van der Waals surface area (Å²) in [6.07, 6.45) is 1.35. The van der Waals surface area contributed by atoms with E-state index in [1.54, 1.807) is 24.3 Å². The molecule has 4 amide bonds. The lowest BCUT2D eigenvalue weighted by atomic mass is 10.1. The number of anilines is 1. The van der Waals surface area contributed by atoms with Crippen molar-refractivity contribution in [2.45, 2.75) is 6.61 Å². The Hall–Kier alpha value is -3.04. The zero-order valence-electron chi connectivity index (χ0n) is 18.5. The first kappa shape index (κ1) is 26.0. The smallest absolute Gasteiger partial charge is 0.335 e. The van der Waals surface area contributed by atoms with Crippen LogP contribution in [-0.2, 0) is 16.2 Å². The van der Waals surface area contributed by atoms with E-state index in [0.717, 1.165) is 10.5 Å². The number of halogens is 4. The van der Waals surface area contributed by atoms with Crippen LogP contribution in [0.25, 0.3) is 6.08 Å². The number of hydrogen-bond donors (Lipinski definition) is 1. The first-order chi connectivity index (χ1) is 17.2. The van der Waals surface area contributed by atoms with Gasteiger partial charge in [-0.1, -0.05) is 46.9 Å². The third-order valence-electron chi connectivity index (χ3n) is 5.10. The fraction of sp³-hybridized carbons (Fsp3) is 0.0800. The van der Waals surface area contributed by atoms with Gasteiger partial charge in [0.25, 0.3) is 11.8 Å². The van der Waals surface area contributed by atoms with Gasteiger partial charge < -0.3 is 9.47 Å². The van der Waals surface area contributed by atoms with Crippen molar-refractivity contribution >= 4 is 80.3 Å². The zero-order valence-corrected chi connectivity index (χ0v) is 22.3. The van der Waals surface area contributed by atoms with Crippen LogP contribution in [0, 0.1) is 0 Å². The standard InChI is InChI=1S/C25H16BrCl3N2O5/c1-35-21-10-14(9-18(26)22(21)36-12-13-3-2-4-15(27)7-13)8-17-23(32)30-25(34)31(24(17)33)16-5-6-19(28)20(29)11-16/h2-11H,12H2,1H3,(H,30,32,34)/b17-8+. The molecule has 11 heteroatoms. The minimum Gasteiger partial charge on any atom is -0.493 e. The Kier molecular flexibility index (Phi) is 7.90. The van der Waals surface area contributed by atoms with Crippen LogP contribution in [-0.4, -0.2) is 25.0 Å². The first-order valence-corrected chi connectivity index (χ1v) is 12.2. The highest BCUT2D eigenvalue weighted by atomic mass is 79.9. The maximum absolute atomic E-state index is 13.2. The van der Waals surface area contributed by atoms with Gasteiger partial charge in [0.1, 0.15) is 12.2 Å². The number of imide groups is 2. The van der Waals surface area contributed by atoms with E-state index in [1.807, 2.05) is 12.1 Å². The van der Waals surface area contributed by atoms with E-state index >= 15 is 0 Å². The molecule has 0 unspecified atom stereocenters. The number of methoxy groups -OCH3 is 1. The Balaban J connectivity index is 1.65. The van der Waals surface area contributed by atoms with Gasteiger partial charge in [-0.25, -0.2) is 9.69 Å². The summed E-state index contributed by atoms with van der Waals surface area (Å²) < 4.78 is 11.9. The summed E-state index contributed by atoms with van der Waals surface area (Å²) in [6, 6.07) is 13.9. The zero-order chi connectivity index (χ0) is 26.0. The summed E-state index contributed by atoms with van der Waals surface area (Å²) in [7, 11) is 1.47. The van der Waals surface area contributed by atoms with Crippen LogP contribution >= 0.6 is 50.7 Å². The number of carbonyl (C=O) groups excluding carboxylic acids is 3. The molecular formula is C25H16BrCl3N2O5. The molecular weight excluding hydrogens is 595 g/mol. The molecule has 3 aromatic rings. The molecule has 4 rings (SSSR count). The van der Waals surface area contributed by atoms with Crippen LogP contribution in [0.4, 0.5) is 10.5 Å². The number of hydrogen-bond acceptors (Lipinski definition) is 5. The average Bonchev–Trinajstić information content (AvgIpc) is 2.83. The Morgan fingerprint density at radius 2 is 1.78 bits per heavy atom. The topological polar surface area (TPSA) is 84.9 Å². The number of rotatable bonds is 6. The average molecular weight is 611 g/mol. The van der Waals surface area contributed by atoms with Crippen molar-refractivity contribution in [3.63, 3.8) is 0 Å². The molecule has 0 saturated carbocycles. The molecule has 1 saturated heterocycles. The van der Waals surface area contributed by atoms with Crippen molar-refractivity contribution in [2.24, 2.45) is 0 Å². The highest BCUT2D eigenvalue weighted by Gasteiger charge is 2.37. The normalized spacial score (nSPS) is 14.8. The number of ether oxygens (including phenoxy) is 2. The van der Waals surface area contributed by atoms with Crippen LogP contribution < -0.4 is 19.7 Å². The fourth-order valence-corrected chi connectivity index (χ4v) is 4.51. The lowest BCUT2D eigenvalue weighted by Crippen LogP contribution is -2.54. The highest BCUT2D eigenvalue weighted by molar-refractivity contribution is 9.10. The Labute approximate surface area is 229 Å². The molecule has 0 spiro atoms. The number of nitrogens with one attached hydrogen (secondary N) is 1. The first-order valence-electron chi connectivity index (χ1n) is 10.3. The van der Waals surface area contributed by atoms with Crippen molar-refractivity contribution in [3.8, 4) is 11.5 Å². The van der Waals surface area contributed by atoms with Crippen molar-refractivity contribution in [2.75, 3.05) is 12.0 Å². The number of barbiturate groups is 1. The molecule has 0 aromatic heterocycles. The fourth-order valence-electron chi connectivity index (χ4n) is 3.43. The van der Waals surface area contributed by atoms with E-state index < -0.39 is 17.8 Å². The van der Waals surface area contributed by atoms with Gasteiger partial charge in [0.15, 0.2) is 11.5 Å². The van der Waals surface area contributed by atoms with Crippen LogP contribution in [0.1, 0.15) is 11.1 Å². The second-order valence-corrected chi connectivity index (χ2v) is 9.61. The van der Waals surface area contributed by atoms with Crippen molar-refractivity contribution in [3.05, 3.63) is 90.8 Å². The van der Waals surface area contributed by atoms with E-state index in [0.29, 0.717) is 26.6 Å². The molecule has 7 nitrogen and oxygen atoms in total. The molecule has 184 valence electrons. The number of benzene rings is 3. The Morgan fingerprint density at radius 3 is 2.47 bits per heavy atom. The monoisotopic (exact) mass is 608 g/mol. The molecule has 0 aliphatic carbocycles. The summed E-state index contributed by atoms with van der Waals surface area (Å²) in [5, 5.41) is 3.16. The number of urea groups is 1. The molecule has 3 aromatic carbocycles. The molecule has 1 fully saturated rings. The molecule has 1 heterocycles. The van der Waals surface area contributed by atoms with Gasteiger partial charge in [0.2, 0.25) is 0 Å². The SMILES string of the molecule is COc1cc(/C=C2\C(=O)NC(=O)N(c3ccc(Cl)c(Cl)c3)C2=O)cc(Br)c1OCc1cccc(Cl)c1. The van der Waals surface area contributed by atoms with E-state index in [4.69, 9.17) is 44.3 Å². The molecule has 1 aliphatic heterocycles. The summed E-state index contributed by atoms with van der Waals surface area (Å²) in [5.74, 6) is -0.873. The van der Waals surface area contributed by atoms with Crippen molar-refractivity contribution in [1.82, 2.24) is 5.32 Å². The molecule has 0 radical (unpaired) electrons. The third kappa shape index (κ3) is 5.52.